The third kappa shape index (κ3) is 3.36. The second-order valence-electron chi connectivity index (χ2n) is 5.11. The van der Waals surface area contributed by atoms with Crippen molar-refractivity contribution in [3.8, 4) is 0 Å². The van der Waals surface area contributed by atoms with Crippen LogP contribution in [0, 0.1) is 6.92 Å². The minimum Gasteiger partial charge on any atom is -0.331 e. The van der Waals surface area contributed by atoms with E-state index in [0.29, 0.717) is 13.1 Å². The van der Waals surface area contributed by atoms with E-state index in [-0.39, 0.29) is 6.03 Å². The standard InChI is InChI=1S/C15H16ClN3OS/c1-10-7-17-14(21-10)8-18-15(20)19-5-4-11-6-13(16)3-2-12(11)9-19/h2-3,6-7H,4-5,8-9H2,1H3,(H,18,20). The van der Waals surface area contributed by atoms with E-state index in [4.69, 9.17) is 11.6 Å². The molecule has 3 rings (SSSR count). The summed E-state index contributed by atoms with van der Waals surface area (Å²) in [6, 6.07) is 5.83. The smallest absolute Gasteiger partial charge is 0.318 e. The van der Waals surface area contributed by atoms with Gasteiger partial charge in [-0.05, 0) is 36.6 Å². The topological polar surface area (TPSA) is 45.2 Å². The van der Waals surface area contributed by atoms with E-state index in [1.807, 2.05) is 36.2 Å². The maximum absolute atomic E-state index is 12.2. The number of benzene rings is 1. The van der Waals surface area contributed by atoms with Crippen LogP contribution in [0.15, 0.2) is 24.4 Å². The molecule has 2 aromatic rings. The number of hydrogen-bond acceptors (Lipinski definition) is 3. The predicted octanol–water partition coefficient (Wildman–Crippen LogP) is 3.37. The molecule has 0 atom stereocenters. The zero-order valence-electron chi connectivity index (χ0n) is 11.7. The number of aromatic nitrogens is 1. The Hall–Kier alpha value is -1.59. The largest absolute Gasteiger partial charge is 0.331 e. The van der Waals surface area contributed by atoms with Crippen molar-refractivity contribution in [2.45, 2.75) is 26.4 Å². The summed E-state index contributed by atoms with van der Waals surface area (Å²) < 4.78 is 0. The summed E-state index contributed by atoms with van der Waals surface area (Å²) in [4.78, 5) is 19.5. The molecule has 0 aliphatic carbocycles. The molecule has 0 unspecified atom stereocenters. The van der Waals surface area contributed by atoms with E-state index in [1.54, 1.807) is 11.3 Å². The number of nitrogens with zero attached hydrogens (tertiary/aromatic N) is 2. The Balaban J connectivity index is 1.60. The van der Waals surface area contributed by atoms with E-state index in [1.165, 1.54) is 11.1 Å². The average molecular weight is 322 g/mol. The summed E-state index contributed by atoms with van der Waals surface area (Å²) in [6.45, 7) is 3.85. The first-order valence-corrected chi connectivity index (χ1v) is 8.02. The minimum atomic E-state index is -0.0385. The van der Waals surface area contributed by atoms with Gasteiger partial charge < -0.3 is 10.2 Å². The first kappa shape index (κ1) is 14.4. The number of fused-ring (bicyclic) bond motifs is 1. The zero-order chi connectivity index (χ0) is 14.8. The highest BCUT2D eigenvalue weighted by Crippen LogP contribution is 2.22. The van der Waals surface area contributed by atoms with E-state index in [0.717, 1.165) is 27.9 Å². The van der Waals surface area contributed by atoms with Crippen LogP contribution in [0.4, 0.5) is 4.79 Å². The fourth-order valence-electron chi connectivity index (χ4n) is 2.44. The Morgan fingerprint density at radius 1 is 1.48 bits per heavy atom. The van der Waals surface area contributed by atoms with Crippen LogP contribution in [-0.2, 0) is 19.5 Å². The van der Waals surface area contributed by atoms with Gasteiger partial charge in [-0.2, -0.15) is 0 Å². The number of rotatable bonds is 2. The SMILES string of the molecule is Cc1cnc(CNC(=O)N2CCc3cc(Cl)ccc3C2)s1. The lowest BCUT2D eigenvalue weighted by atomic mass is 10.0. The van der Waals surface area contributed by atoms with Crippen LogP contribution in [0.3, 0.4) is 0 Å². The number of nitrogens with one attached hydrogen (secondary N) is 1. The highest BCUT2D eigenvalue weighted by Gasteiger charge is 2.20. The monoisotopic (exact) mass is 321 g/mol. The maximum atomic E-state index is 12.2. The number of amides is 2. The van der Waals surface area contributed by atoms with Crippen molar-refractivity contribution in [3.05, 3.63) is 50.4 Å². The van der Waals surface area contributed by atoms with Crippen molar-refractivity contribution in [3.63, 3.8) is 0 Å². The lowest BCUT2D eigenvalue weighted by molar-refractivity contribution is 0.192. The van der Waals surface area contributed by atoms with Gasteiger partial charge in [-0.25, -0.2) is 9.78 Å². The number of halogens is 1. The first-order chi connectivity index (χ1) is 10.1. The van der Waals surface area contributed by atoms with Crippen molar-refractivity contribution in [2.24, 2.45) is 0 Å². The summed E-state index contributed by atoms with van der Waals surface area (Å²) >= 11 is 7.60. The van der Waals surface area contributed by atoms with Crippen LogP contribution < -0.4 is 5.32 Å². The van der Waals surface area contributed by atoms with Crippen LogP contribution in [0.25, 0.3) is 0 Å². The van der Waals surface area contributed by atoms with Gasteiger partial charge in [-0.1, -0.05) is 17.7 Å². The Labute approximate surface area is 132 Å². The summed E-state index contributed by atoms with van der Waals surface area (Å²) in [5, 5.41) is 4.62. The Morgan fingerprint density at radius 3 is 3.10 bits per heavy atom. The Bertz CT molecular complexity index is 671. The van der Waals surface area contributed by atoms with Crippen molar-refractivity contribution in [1.82, 2.24) is 15.2 Å². The molecule has 110 valence electrons. The molecule has 1 aromatic heterocycles. The number of thiazole rings is 1. The summed E-state index contributed by atoms with van der Waals surface area (Å²) in [7, 11) is 0. The molecule has 1 N–H and O–H groups in total. The molecule has 4 nitrogen and oxygen atoms in total. The third-order valence-electron chi connectivity index (χ3n) is 3.53. The van der Waals surface area contributed by atoms with E-state index >= 15 is 0 Å². The molecule has 0 fully saturated rings. The summed E-state index contributed by atoms with van der Waals surface area (Å²) in [5.74, 6) is 0. The number of urea groups is 1. The molecule has 6 heteroatoms. The van der Waals surface area contributed by atoms with Gasteiger partial charge in [0.25, 0.3) is 0 Å². The fourth-order valence-corrected chi connectivity index (χ4v) is 3.36. The molecule has 0 bridgehead atoms. The molecular weight excluding hydrogens is 306 g/mol. The van der Waals surface area contributed by atoms with E-state index in [9.17, 15) is 4.79 Å². The van der Waals surface area contributed by atoms with Crippen molar-refractivity contribution < 1.29 is 4.79 Å². The lowest BCUT2D eigenvalue weighted by Gasteiger charge is -2.29. The number of aryl methyl sites for hydroxylation is 1. The summed E-state index contributed by atoms with van der Waals surface area (Å²) in [5.41, 5.74) is 2.41. The highest BCUT2D eigenvalue weighted by molar-refractivity contribution is 7.11. The van der Waals surface area contributed by atoms with Crippen molar-refractivity contribution in [1.29, 1.82) is 0 Å². The first-order valence-electron chi connectivity index (χ1n) is 6.83. The van der Waals surface area contributed by atoms with Gasteiger partial charge in [0.1, 0.15) is 5.01 Å². The molecule has 2 heterocycles. The molecule has 2 amide bonds. The van der Waals surface area contributed by atoms with Crippen LogP contribution in [-0.4, -0.2) is 22.5 Å². The molecular formula is C15H16ClN3OS. The second kappa shape index (κ2) is 6.03. The average Bonchev–Trinajstić information content (AvgIpc) is 2.90. The van der Waals surface area contributed by atoms with E-state index in [2.05, 4.69) is 10.3 Å². The van der Waals surface area contributed by atoms with Gasteiger partial charge in [-0.3, -0.25) is 0 Å². The fraction of sp³-hybridized carbons (Fsp3) is 0.333. The minimum absolute atomic E-state index is 0.0385. The van der Waals surface area contributed by atoms with Gasteiger partial charge in [0.2, 0.25) is 0 Å². The molecule has 1 aromatic carbocycles. The van der Waals surface area contributed by atoms with Crippen LogP contribution in [0.2, 0.25) is 5.02 Å². The molecule has 1 aliphatic rings. The third-order valence-corrected chi connectivity index (χ3v) is 4.68. The van der Waals surface area contributed by atoms with Gasteiger partial charge in [0, 0.05) is 29.2 Å². The predicted molar refractivity (Wildman–Crippen MR) is 84.7 cm³/mol. The molecule has 1 aliphatic heterocycles. The summed E-state index contributed by atoms with van der Waals surface area (Å²) in [6.07, 6.45) is 2.67. The normalized spacial score (nSPS) is 13.9. The van der Waals surface area contributed by atoms with Crippen molar-refractivity contribution >= 4 is 29.0 Å². The zero-order valence-corrected chi connectivity index (χ0v) is 13.3. The maximum Gasteiger partial charge on any atom is 0.318 e. The second-order valence-corrected chi connectivity index (χ2v) is 6.86. The number of carbonyl (C=O) groups is 1. The van der Waals surface area contributed by atoms with Crippen LogP contribution in [0.5, 0.6) is 0 Å². The Kier molecular flexibility index (Phi) is 4.12. The van der Waals surface area contributed by atoms with Crippen LogP contribution in [0.1, 0.15) is 21.0 Å². The molecule has 0 saturated carbocycles. The highest BCUT2D eigenvalue weighted by atomic mass is 35.5. The molecule has 0 radical (unpaired) electrons. The number of carbonyl (C=O) groups excluding carboxylic acids is 1. The van der Waals surface area contributed by atoms with Gasteiger partial charge in [0.05, 0.1) is 6.54 Å². The van der Waals surface area contributed by atoms with Gasteiger partial charge in [-0.15, -0.1) is 11.3 Å². The molecule has 0 saturated heterocycles. The van der Waals surface area contributed by atoms with Gasteiger partial charge in [0.15, 0.2) is 0 Å². The molecule has 0 spiro atoms. The van der Waals surface area contributed by atoms with Crippen LogP contribution >= 0.6 is 22.9 Å². The quantitative estimate of drug-likeness (QED) is 0.921. The number of hydrogen-bond donors (Lipinski definition) is 1. The van der Waals surface area contributed by atoms with E-state index < -0.39 is 0 Å². The lowest BCUT2D eigenvalue weighted by Crippen LogP contribution is -2.42. The molecule has 21 heavy (non-hydrogen) atoms. The van der Waals surface area contributed by atoms with Gasteiger partial charge >= 0.3 is 6.03 Å². The van der Waals surface area contributed by atoms with Crippen molar-refractivity contribution in [2.75, 3.05) is 6.54 Å². The Morgan fingerprint density at radius 2 is 2.33 bits per heavy atom.